The Morgan fingerprint density at radius 1 is 0.760 bits per heavy atom. The lowest BCUT2D eigenvalue weighted by Crippen LogP contribution is -2.11. The predicted octanol–water partition coefficient (Wildman–Crippen LogP) is 5.59. The number of hydrogen-bond donors (Lipinski definition) is 0. The summed E-state index contributed by atoms with van der Waals surface area (Å²) in [7, 11) is 0. The molecule has 0 atom stereocenters. The monoisotopic (exact) mass is 342 g/mol. The van der Waals surface area contributed by atoms with E-state index >= 15 is 0 Å². The van der Waals surface area contributed by atoms with Gasteiger partial charge in [-0.05, 0) is 41.5 Å². The molecule has 0 aromatic heterocycles. The highest BCUT2D eigenvalue weighted by Crippen LogP contribution is 2.30. The van der Waals surface area contributed by atoms with Crippen molar-refractivity contribution in [1.82, 2.24) is 0 Å². The van der Waals surface area contributed by atoms with Crippen molar-refractivity contribution in [3.8, 4) is 16.9 Å². The van der Waals surface area contributed by atoms with Crippen LogP contribution >= 0.6 is 0 Å². The second kappa shape index (κ2) is 6.81. The molecule has 5 heteroatoms. The van der Waals surface area contributed by atoms with E-state index in [1.165, 1.54) is 12.1 Å². The highest BCUT2D eigenvalue weighted by Gasteiger charge is 2.31. The summed E-state index contributed by atoms with van der Waals surface area (Å²) in [6.45, 7) is 0. The van der Waals surface area contributed by atoms with Gasteiger partial charge in [0.15, 0.2) is 0 Å². The summed E-state index contributed by atoms with van der Waals surface area (Å²) in [6, 6.07) is 20.6. The van der Waals surface area contributed by atoms with Gasteiger partial charge in [0.25, 0.3) is 0 Å². The Morgan fingerprint density at radius 3 is 2.04 bits per heavy atom. The minimum absolute atomic E-state index is 0.151. The molecule has 0 aliphatic carbocycles. The summed E-state index contributed by atoms with van der Waals surface area (Å²) in [4.78, 5) is 12.1. The van der Waals surface area contributed by atoms with Gasteiger partial charge in [0.05, 0.1) is 11.1 Å². The number of benzene rings is 3. The van der Waals surface area contributed by atoms with Crippen LogP contribution in [0, 0.1) is 0 Å². The van der Waals surface area contributed by atoms with E-state index < -0.39 is 17.7 Å². The first kappa shape index (κ1) is 16.8. The van der Waals surface area contributed by atoms with Gasteiger partial charge in [-0.2, -0.15) is 13.2 Å². The van der Waals surface area contributed by atoms with Gasteiger partial charge in [0, 0.05) is 0 Å². The number of rotatable bonds is 3. The Bertz CT molecular complexity index is 869. The first-order valence-corrected chi connectivity index (χ1v) is 7.48. The largest absolute Gasteiger partial charge is 0.423 e. The van der Waals surface area contributed by atoms with Gasteiger partial charge in [0.1, 0.15) is 5.75 Å². The Morgan fingerprint density at radius 2 is 1.40 bits per heavy atom. The van der Waals surface area contributed by atoms with Crippen LogP contribution in [-0.2, 0) is 6.18 Å². The highest BCUT2D eigenvalue weighted by atomic mass is 19.4. The number of carbonyl (C=O) groups excluding carboxylic acids is 1. The number of alkyl halides is 3. The predicted molar refractivity (Wildman–Crippen MR) is 88.3 cm³/mol. The molecule has 126 valence electrons. The lowest BCUT2D eigenvalue weighted by molar-refractivity contribution is -0.137. The van der Waals surface area contributed by atoms with E-state index in [0.717, 1.165) is 23.3 Å². The zero-order chi connectivity index (χ0) is 17.9. The van der Waals surface area contributed by atoms with E-state index in [4.69, 9.17) is 4.74 Å². The topological polar surface area (TPSA) is 26.3 Å². The molecule has 0 unspecified atom stereocenters. The maximum Gasteiger partial charge on any atom is 0.416 e. The zero-order valence-electron chi connectivity index (χ0n) is 13.0. The van der Waals surface area contributed by atoms with Gasteiger partial charge in [-0.1, -0.05) is 48.5 Å². The lowest BCUT2D eigenvalue weighted by atomic mass is 10.1. The molecule has 0 aliphatic heterocycles. The van der Waals surface area contributed by atoms with E-state index in [1.807, 2.05) is 30.3 Å². The maximum absolute atomic E-state index is 12.7. The fraction of sp³-hybridized carbons (Fsp3) is 0.0500. The Kier molecular flexibility index (Phi) is 4.57. The van der Waals surface area contributed by atoms with Crippen molar-refractivity contribution in [3.63, 3.8) is 0 Å². The zero-order valence-corrected chi connectivity index (χ0v) is 13.0. The van der Waals surface area contributed by atoms with Crippen LogP contribution < -0.4 is 4.74 Å². The summed E-state index contributed by atoms with van der Waals surface area (Å²) < 4.78 is 43.3. The van der Waals surface area contributed by atoms with Gasteiger partial charge in [-0.15, -0.1) is 0 Å². The quantitative estimate of drug-likeness (QED) is 0.458. The first-order chi connectivity index (χ1) is 11.9. The van der Waals surface area contributed by atoms with Crippen LogP contribution in [0.4, 0.5) is 13.2 Å². The van der Waals surface area contributed by atoms with Crippen LogP contribution in [0.3, 0.4) is 0 Å². The summed E-state index contributed by atoms with van der Waals surface area (Å²) in [5, 5.41) is 0. The molecule has 3 aromatic carbocycles. The number of esters is 1. The smallest absolute Gasteiger partial charge is 0.416 e. The average Bonchev–Trinajstić information content (AvgIpc) is 2.62. The minimum Gasteiger partial charge on any atom is -0.423 e. The van der Waals surface area contributed by atoms with E-state index in [0.29, 0.717) is 0 Å². The van der Waals surface area contributed by atoms with Gasteiger partial charge in [0.2, 0.25) is 0 Å². The van der Waals surface area contributed by atoms with E-state index in [1.54, 1.807) is 24.3 Å². The SMILES string of the molecule is O=C(Oc1ccc(-c2ccccc2)cc1)c1cccc(C(F)(F)F)c1. The Labute approximate surface area is 142 Å². The van der Waals surface area contributed by atoms with E-state index in [9.17, 15) is 18.0 Å². The Balaban J connectivity index is 1.75. The highest BCUT2D eigenvalue weighted by molar-refractivity contribution is 5.91. The number of carbonyl (C=O) groups is 1. The molecule has 0 fully saturated rings. The van der Waals surface area contributed by atoms with Crippen molar-refractivity contribution < 1.29 is 22.7 Å². The summed E-state index contributed by atoms with van der Waals surface area (Å²) in [5.41, 5.74) is 0.918. The van der Waals surface area contributed by atoms with Crippen LogP contribution in [0.25, 0.3) is 11.1 Å². The maximum atomic E-state index is 12.7. The van der Waals surface area contributed by atoms with Crippen molar-refractivity contribution >= 4 is 5.97 Å². The number of ether oxygens (including phenoxy) is 1. The van der Waals surface area contributed by atoms with Crippen LogP contribution in [0.1, 0.15) is 15.9 Å². The third kappa shape index (κ3) is 4.07. The first-order valence-electron chi connectivity index (χ1n) is 7.48. The molecule has 0 radical (unpaired) electrons. The third-order valence-corrected chi connectivity index (χ3v) is 3.60. The molecule has 3 rings (SSSR count). The fourth-order valence-corrected chi connectivity index (χ4v) is 2.33. The molecular weight excluding hydrogens is 329 g/mol. The Hall–Kier alpha value is -3.08. The van der Waals surface area contributed by atoms with Gasteiger partial charge >= 0.3 is 12.1 Å². The molecule has 0 saturated carbocycles. The molecule has 2 nitrogen and oxygen atoms in total. The van der Waals surface area contributed by atoms with E-state index in [-0.39, 0.29) is 11.3 Å². The molecule has 0 aliphatic rings. The van der Waals surface area contributed by atoms with Crippen molar-refractivity contribution in [2.75, 3.05) is 0 Å². The van der Waals surface area contributed by atoms with Crippen LogP contribution in [0.5, 0.6) is 5.75 Å². The molecule has 0 N–H and O–H groups in total. The third-order valence-electron chi connectivity index (χ3n) is 3.60. The molecule has 0 amide bonds. The second-order valence-electron chi connectivity index (χ2n) is 5.36. The molecule has 25 heavy (non-hydrogen) atoms. The van der Waals surface area contributed by atoms with Gasteiger partial charge < -0.3 is 4.74 Å². The summed E-state index contributed by atoms with van der Waals surface area (Å²) >= 11 is 0. The van der Waals surface area contributed by atoms with Crippen molar-refractivity contribution in [2.24, 2.45) is 0 Å². The van der Waals surface area contributed by atoms with Gasteiger partial charge in [-0.3, -0.25) is 0 Å². The fourth-order valence-electron chi connectivity index (χ4n) is 2.33. The molecule has 0 saturated heterocycles. The number of hydrogen-bond acceptors (Lipinski definition) is 2. The van der Waals surface area contributed by atoms with Gasteiger partial charge in [-0.25, -0.2) is 4.79 Å². The molecule has 0 heterocycles. The average molecular weight is 342 g/mol. The normalized spacial score (nSPS) is 11.2. The standard InChI is InChI=1S/C20H13F3O2/c21-20(22,23)17-8-4-7-16(13-17)19(24)25-18-11-9-15(10-12-18)14-5-2-1-3-6-14/h1-13H. The van der Waals surface area contributed by atoms with Crippen LogP contribution in [-0.4, -0.2) is 5.97 Å². The minimum atomic E-state index is -4.51. The second-order valence-corrected chi connectivity index (χ2v) is 5.36. The molecular formula is C20H13F3O2. The van der Waals surface area contributed by atoms with Crippen LogP contribution in [0.15, 0.2) is 78.9 Å². The van der Waals surface area contributed by atoms with Crippen molar-refractivity contribution in [1.29, 1.82) is 0 Å². The molecule has 3 aromatic rings. The van der Waals surface area contributed by atoms with Crippen molar-refractivity contribution in [2.45, 2.75) is 6.18 Å². The summed E-state index contributed by atoms with van der Waals surface area (Å²) in [5.74, 6) is -0.569. The van der Waals surface area contributed by atoms with Crippen LogP contribution in [0.2, 0.25) is 0 Å². The van der Waals surface area contributed by atoms with Crippen molar-refractivity contribution in [3.05, 3.63) is 90.0 Å². The molecule has 0 bridgehead atoms. The number of halogens is 3. The lowest BCUT2D eigenvalue weighted by Gasteiger charge is -2.09. The molecule has 0 spiro atoms. The van der Waals surface area contributed by atoms with E-state index in [2.05, 4.69) is 0 Å². The summed E-state index contributed by atoms with van der Waals surface area (Å²) in [6.07, 6.45) is -4.51.